The molecule has 0 unspecified atom stereocenters. The molecule has 0 aliphatic rings. The van der Waals surface area contributed by atoms with E-state index in [1.165, 1.54) is 31.4 Å². The summed E-state index contributed by atoms with van der Waals surface area (Å²) in [4.78, 5) is 3.73. The van der Waals surface area contributed by atoms with Crippen molar-refractivity contribution in [3.8, 4) is 28.1 Å². The van der Waals surface area contributed by atoms with Crippen LogP contribution in [0, 0.1) is 0 Å². The third-order valence-corrected chi connectivity index (χ3v) is 6.67. The van der Waals surface area contributed by atoms with Gasteiger partial charge in [0.15, 0.2) is 5.75 Å². The zero-order chi connectivity index (χ0) is 22.4. The van der Waals surface area contributed by atoms with E-state index >= 15 is 0 Å². The van der Waals surface area contributed by atoms with E-state index in [2.05, 4.69) is 4.98 Å². The van der Waals surface area contributed by atoms with Gasteiger partial charge in [0, 0.05) is 16.7 Å². The van der Waals surface area contributed by atoms with E-state index in [-0.39, 0.29) is 58.3 Å². The molecule has 1 aromatic heterocycles. The number of aromatic nitrogens is 1. The maximum atomic E-state index is 13.6. The molecular formula is C19H8Cl6F3NO. The second kappa shape index (κ2) is 8.81. The average molecular weight is 536 g/mol. The van der Waals surface area contributed by atoms with Gasteiger partial charge >= 0.3 is 6.18 Å². The Morgan fingerprint density at radius 2 is 1.23 bits per heavy atom. The predicted octanol–water partition coefficient (Wildman–Crippen LogP) is 9.36. The fourth-order valence-corrected chi connectivity index (χ4v) is 3.97. The molecule has 0 fully saturated rings. The minimum atomic E-state index is -4.78. The Kier molecular flexibility index (Phi) is 6.93. The highest BCUT2D eigenvalue weighted by Crippen LogP contribution is 2.48. The van der Waals surface area contributed by atoms with Crippen LogP contribution in [0.2, 0.25) is 30.1 Å². The zero-order valence-electron chi connectivity index (χ0n) is 14.6. The van der Waals surface area contributed by atoms with Crippen LogP contribution in [0.25, 0.3) is 22.4 Å². The summed E-state index contributed by atoms with van der Waals surface area (Å²) in [5.74, 6) is -0.0245. The second-order valence-corrected chi connectivity index (χ2v) is 8.21. The Balaban J connectivity index is 2.44. The van der Waals surface area contributed by atoms with Crippen molar-refractivity contribution in [2.75, 3.05) is 7.11 Å². The highest BCUT2D eigenvalue weighted by atomic mass is 35.5. The first-order chi connectivity index (χ1) is 14.0. The number of ether oxygens (including phenoxy) is 1. The SMILES string of the molecule is COc1c(-c2ccc(Cl)c(Cl)c2Cl)cc(C(F)(F)F)nc1-c1ccc(Cl)c(Cl)c1Cl. The summed E-state index contributed by atoms with van der Waals surface area (Å²) < 4.78 is 46.3. The molecule has 0 amide bonds. The minimum Gasteiger partial charge on any atom is -0.494 e. The summed E-state index contributed by atoms with van der Waals surface area (Å²) >= 11 is 36.5. The van der Waals surface area contributed by atoms with Gasteiger partial charge in [0.2, 0.25) is 0 Å². The van der Waals surface area contributed by atoms with Gasteiger partial charge in [-0.3, -0.25) is 0 Å². The molecule has 0 N–H and O–H groups in total. The lowest BCUT2D eigenvalue weighted by Crippen LogP contribution is -2.10. The fourth-order valence-electron chi connectivity index (χ4n) is 2.71. The minimum absolute atomic E-state index is 0.0134. The van der Waals surface area contributed by atoms with E-state index in [0.717, 1.165) is 6.07 Å². The molecule has 3 aromatic rings. The first kappa shape index (κ1) is 23.6. The van der Waals surface area contributed by atoms with Gasteiger partial charge in [-0.15, -0.1) is 0 Å². The van der Waals surface area contributed by atoms with Gasteiger partial charge in [0.1, 0.15) is 11.4 Å². The molecule has 0 aliphatic heterocycles. The lowest BCUT2D eigenvalue weighted by molar-refractivity contribution is -0.141. The van der Waals surface area contributed by atoms with Gasteiger partial charge in [-0.2, -0.15) is 13.2 Å². The maximum Gasteiger partial charge on any atom is 0.433 e. The summed E-state index contributed by atoms with van der Waals surface area (Å²) in [7, 11) is 1.27. The molecule has 2 nitrogen and oxygen atoms in total. The first-order valence-electron chi connectivity index (χ1n) is 7.91. The van der Waals surface area contributed by atoms with Crippen LogP contribution < -0.4 is 4.74 Å². The summed E-state index contributed by atoms with van der Waals surface area (Å²) in [6.07, 6.45) is -4.78. The summed E-state index contributed by atoms with van der Waals surface area (Å²) in [5.41, 5.74) is -1.16. The molecule has 0 aliphatic carbocycles. The smallest absolute Gasteiger partial charge is 0.433 e. The van der Waals surface area contributed by atoms with Crippen LogP contribution in [0.1, 0.15) is 5.69 Å². The van der Waals surface area contributed by atoms with Crippen molar-refractivity contribution in [1.82, 2.24) is 4.98 Å². The molecule has 2 aromatic carbocycles. The second-order valence-electron chi connectivity index (χ2n) is 5.88. The number of benzene rings is 2. The van der Waals surface area contributed by atoms with E-state index in [9.17, 15) is 13.2 Å². The van der Waals surface area contributed by atoms with Crippen LogP contribution in [-0.4, -0.2) is 12.1 Å². The Labute approximate surface area is 199 Å². The zero-order valence-corrected chi connectivity index (χ0v) is 19.2. The Morgan fingerprint density at radius 1 is 0.733 bits per heavy atom. The summed E-state index contributed by atoms with van der Waals surface area (Å²) in [6.45, 7) is 0. The van der Waals surface area contributed by atoms with Gasteiger partial charge in [-0.25, -0.2) is 4.98 Å². The van der Waals surface area contributed by atoms with Crippen molar-refractivity contribution >= 4 is 69.6 Å². The molecule has 1 heterocycles. The van der Waals surface area contributed by atoms with Crippen LogP contribution >= 0.6 is 69.6 Å². The van der Waals surface area contributed by atoms with Crippen molar-refractivity contribution in [1.29, 1.82) is 0 Å². The van der Waals surface area contributed by atoms with Gasteiger partial charge in [0.05, 0.1) is 37.2 Å². The number of hydrogen-bond donors (Lipinski definition) is 0. The number of nitrogens with zero attached hydrogens (tertiary/aromatic N) is 1. The number of methoxy groups -OCH3 is 1. The molecule has 158 valence electrons. The van der Waals surface area contributed by atoms with Crippen LogP contribution in [0.3, 0.4) is 0 Å². The van der Waals surface area contributed by atoms with Gasteiger partial charge in [-0.1, -0.05) is 75.7 Å². The molecule has 0 radical (unpaired) electrons. The molecular weight excluding hydrogens is 528 g/mol. The van der Waals surface area contributed by atoms with E-state index in [0.29, 0.717) is 0 Å². The van der Waals surface area contributed by atoms with E-state index in [4.69, 9.17) is 74.3 Å². The molecule has 11 heteroatoms. The van der Waals surface area contributed by atoms with Crippen LogP contribution in [-0.2, 0) is 6.18 Å². The quantitative estimate of drug-likeness (QED) is 0.312. The van der Waals surface area contributed by atoms with Crippen LogP contribution in [0.4, 0.5) is 13.2 Å². The highest BCUT2D eigenvalue weighted by molar-refractivity contribution is 6.50. The van der Waals surface area contributed by atoms with E-state index < -0.39 is 11.9 Å². The number of rotatable bonds is 3. The molecule has 30 heavy (non-hydrogen) atoms. The largest absolute Gasteiger partial charge is 0.494 e. The van der Waals surface area contributed by atoms with Crippen molar-refractivity contribution < 1.29 is 17.9 Å². The van der Waals surface area contributed by atoms with E-state index in [1.807, 2.05) is 0 Å². The van der Waals surface area contributed by atoms with Crippen molar-refractivity contribution in [3.05, 3.63) is 66.2 Å². The van der Waals surface area contributed by atoms with Crippen LogP contribution in [0.15, 0.2) is 30.3 Å². The maximum absolute atomic E-state index is 13.6. The monoisotopic (exact) mass is 533 g/mol. The standard InChI is InChI=1S/C19H8Cl6F3NO/c1-30-18-9(7-2-4-10(20)15(24)13(7)22)6-12(19(26,27)28)29-17(18)8-3-5-11(21)16(25)14(8)23/h2-6H,1H3. The van der Waals surface area contributed by atoms with E-state index in [1.54, 1.807) is 0 Å². The first-order valence-corrected chi connectivity index (χ1v) is 10.2. The Hall–Kier alpha value is -1.08. The number of alkyl halides is 3. The molecule has 0 saturated carbocycles. The molecule has 0 spiro atoms. The number of hydrogen-bond acceptors (Lipinski definition) is 2. The van der Waals surface area contributed by atoms with Gasteiger partial charge in [0.25, 0.3) is 0 Å². The van der Waals surface area contributed by atoms with Crippen molar-refractivity contribution in [3.63, 3.8) is 0 Å². The molecule has 0 saturated heterocycles. The van der Waals surface area contributed by atoms with Crippen LogP contribution in [0.5, 0.6) is 5.75 Å². The summed E-state index contributed by atoms with van der Waals surface area (Å²) in [5, 5.41) is 0.0865. The lowest BCUT2D eigenvalue weighted by atomic mass is 10.00. The lowest BCUT2D eigenvalue weighted by Gasteiger charge is -2.19. The van der Waals surface area contributed by atoms with Gasteiger partial charge < -0.3 is 4.74 Å². The Bertz CT molecular complexity index is 1070. The fraction of sp³-hybridized carbons (Fsp3) is 0.105. The van der Waals surface area contributed by atoms with Crippen molar-refractivity contribution in [2.24, 2.45) is 0 Å². The molecule has 0 atom stereocenters. The molecule has 0 bridgehead atoms. The third kappa shape index (κ3) is 4.29. The molecule has 3 rings (SSSR count). The topological polar surface area (TPSA) is 22.1 Å². The average Bonchev–Trinajstić information content (AvgIpc) is 2.69. The number of halogens is 9. The third-order valence-electron chi connectivity index (χ3n) is 4.08. The number of pyridine rings is 1. The summed E-state index contributed by atoms with van der Waals surface area (Å²) in [6, 6.07) is 6.41. The Morgan fingerprint density at radius 3 is 1.73 bits per heavy atom. The normalized spacial score (nSPS) is 11.7. The highest BCUT2D eigenvalue weighted by Gasteiger charge is 2.35. The van der Waals surface area contributed by atoms with Crippen molar-refractivity contribution in [2.45, 2.75) is 6.18 Å². The predicted molar refractivity (Wildman–Crippen MR) is 117 cm³/mol. The van der Waals surface area contributed by atoms with Gasteiger partial charge in [-0.05, 0) is 24.3 Å².